The highest BCUT2D eigenvalue weighted by molar-refractivity contribution is 5.30. The second kappa shape index (κ2) is 11.0. The Labute approximate surface area is 194 Å². The zero-order valence-corrected chi connectivity index (χ0v) is 18.7. The van der Waals surface area contributed by atoms with E-state index < -0.39 is 42.0 Å². The van der Waals surface area contributed by atoms with Gasteiger partial charge >= 0.3 is 12.5 Å². The number of hydrogen-bond donors (Lipinski definition) is 0. The van der Waals surface area contributed by atoms with Crippen LogP contribution in [-0.2, 0) is 17.3 Å². The fourth-order valence-electron chi connectivity index (χ4n) is 4.50. The molecule has 0 heterocycles. The van der Waals surface area contributed by atoms with Gasteiger partial charge in [0.1, 0.15) is 5.82 Å². The molecule has 0 unspecified atom stereocenters. The Hall–Kier alpha value is -2.29. The lowest BCUT2D eigenvalue weighted by molar-refractivity contribution is -0.275. The molecule has 0 N–H and O–H groups in total. The van der Waals surface area contributed by atoms with Crippen LogP contribution < -0.4 is 4.74 Å². The first-order valence-electron chi connectivity index (χ1n) is 11.3. The van der Waals surface area contributed by atoms with Crippen molar-refractivity contribution in [3.8, 4) is 5.75 Å². The number of hydrogen-bond acceptors (Lipinski definition) is 2. The SMILES string of the molecule is CCC[C@H]1CC[C@H](c2ccc(C(F)(F)OCCc3ccc(OC(F)(F)F)c(F)c3)c(F)c2)CC1. The van der Waals surface area contributed by atoms with Crippen LogP contribution in [0.3, 0.4) is 0 Å². The molecule has 0 amide bonds. The van der Waals surface area contributed by atoms with Crippen LogP contribution in [0, 0.1) is 17.6 Å². The predicted molar refractivity (Wildman–Crippen MR) is 113 cm³/mol. The van der Waals surface area contributed by atoms with Gasteiger partial charge in [-0.05, 0) is 79.3 Å². The average molecular weight is 492 g/mol. The van der Waals surface area contributed by atoms with E-state index in [1.807, 2.05) is 0 Å². The molecular formula is C25H27F7O2. The van der Waals surface area contributed by atoms with Gasteiger partial charge in [-0.2, -0.15) is 8.78 Å². The van der Waals surface area contributed by atoms with Gasteiger partial charge in [-0.3, -0.25) is 0 Å². The van der Waals surface area contributed by atoms with Gasteiger partial charge < -0.3 is 9.47 Å². The molecule has 2 nitrogen and oxygen atoms in total. The summed E-state index contributed by atoms with van der Waals surface area (Å²) in [6.07, 6.45) is -3.00. The normalized spacial score (nSPS) is 19.3. The first-order chi connectivity index (χ1) is 16.0. The monoisotopic (exact) mass is 492 g/mol. The summed E-state index contributed by atoms with van der Waals surface area (Å²) in [6.45, 7) is 1.54. The number of halogens is 7. The van der Waals surface area contributed by atoms with Crippen molar-refractivity contribution in [1.29, 1.82) is 0 Å². The van der Waals surface area contributed by atoms with Crippen molar-refractivity contribution in [2.24, 2.45) is 5.92 Å². The predicted octanol–water partition coefficient (Wildman–Crippen LogP) is 8.25. The Balaban J connectivity index is 1.57. The first-order valence-corrected chi connectivity index (χ1v) is 11.3. The molecule has 1 aliphatic carbocycles. The molecule has 2 aromatic carbocycles. The van der Waals surface area contributed by atoms with E-state index >= 15 is 0 Å². The van der Waals surface area contributed by atoms with Gasteiger partial charge in [-0.25, -0.2) is 8.78 Å². The van der Waals surface area contributed by atoms with Crippen LogP contribution in [0.4, 0.5) is 30.7 Å². The molecule has 0 atom stereocenters. The first kappa shape index (κ1) is 26.3. The largest absolute Gasteiger partial charge is 0.573 e. The van der Waals surface area contributed by atoms with E-state index in [-0.39, 0.29) is 17.9 Å². The van der Waals surface area contributed by atoms with E-state index in [4.69, 9.17) is 0 Å². The van der Waals surface area contributed by atoms with E-state index in [1.54, 1.807) is 0 Å². The zero-order valence-electron chi connectivity index (χ0n) is 18.7. The number of alkyl halides is 5. The summed E-state index contributed by atoms with van der Waals surface area (Å²) in [5, 5.41) is 0. The highest BCUT2D eigenvalue weighted by atomic mass is 19.4. The van der Waals surface area contributed by atoms with Crippen molar-refractivity contribution in [3.63, 3.8) is 0 Å². The molecule has 3 rings (SSSR count). The number of benzene rings is 2. The Morgan fingerprint density at radius 2 is 1.59 bits per heavy atom. The van der Waals surface area contributed by atoms with Crippen LogP contribution >= 0.6 is 0 Å². The molecule has 1 aliphatic rings. The Bertz CT molecular complexity index is 951. The van der Waals surface area contributed by atoms with Crippen molar-refractivity contribution in [3.05, 3.63) is 64.7 Å². The summed E-state index contributed by atoms with van der Waals surface area (Å²) < 4.78 is 102. The Morgan fingerprint density at radius 1 is 0.882 bits per heavy atom. The van der Waals surface area contributed by atoms with Gasteiger partial charge in [0.15, 0.2) is 11.6 Å². The molecule has 1 fully saturated rings. The Morgan fingerprint density at radius 3 is 2.18 bits per heavy atom. The van der Waals surface area contributed by atoms with Crippen LogP contribution in [0.2, 0.25) is 0 Å². The summed E-state index contributed by atoms with van der Waals surface area (Å²) in [4.78, 5) is 0. The maximum absolute atomic E-state index is 14.6. The highest BCUT2D eigenvalue weighted by Gasteiger charge is 2.36. The van der Waals surface area contributed by atoms with Gasteiger partial charge in [-0.1, -0.05) is 31.9 Å². The lowest BCUT2D eigenvalue weighted by atomic mass is 9.77. The minimum absolute atomic E-state index is 0.123. The third-order valence-electron chi connectivity index (χ3n) is 6.22. The van der Waals surface area contributed by atoms with Crippen LogP contribution in [0.15, 0.2) is 36.4 Å². The van der Waals surface area contributed by atoms with Crippen LogP contribution in [-0.4, -0.2) is 13.0 Å². The maximum Gasteiger partial charge on any atom is 0.573 e. The minimum Gasteiger partial charge on any atom is -0.403 e. The second-order valence-corrected chi connectivity index (χ2v) is 8.67. The molecule has 0 aliphatic heterocycles. The topological polar surface area (TPSA) is 18.5 Å². The van der Waals surface area contributed by atoms with Crippen LogP contribution in [0.25, 0.3) is 0 Å². The van der Waals surface area contributed by atoms with Crippen molar-refractivity contribution in [1.82, 2.24) is 0 Å². The molecule has 34 heavy (non-hydrogen) atoms. The number of rotatable bonds is 9. The van der Waals surface area contributed by atoms with Crippen molar-refractivity contribution < 1.29 is 40.2 Å². The van der Waals surface area contributed by atoms with Gasteiger partial charge in [0.05, 0.1) is 12.2 Å². The summed E-state index contributed by atoms with van der Waals surface area (Å²) in [6, 6.07) is 6.29. The van der Waals surface area contributed by atoms with Crippen LogP contribution in [0.1, 0.15) is 68.1 Å². The standard InChI is InChI=1S/C25H27F7O2/c1-2-3-16-4-7-18(8-5-16)19-9-10-20(21(26)15-19)24(28,29)33-13-12-17-6-11-23(22(27)14-17)34-25(30,31)32/h6,9-11,14-16,18H,2-5,7-8,12-13H2,1H3/t16-,18-. The molecular weight excluding hydrogens is 465 g/mol. The Kier molecular flexibility index (Phi) is 8.49. The molecule has 2 aromatic rings. The van der Waals surface area contributed by atoms with E-state index in [9.17, 15) is 30.7 Å². The average Bonchev–Trinajstić information content (AvgIpc) is 2.75. The maximum atomic E-state index is 14.6. The van der Waals surface area contributed by atoms with Crippen LogP contribution in [0.5, 0.6) is 5.75 Å². The summed E-state index contributed by atoms with van der Waals surface area (Å²) in [7, 11) is 0. The lowest BCUT2D eigenvalue weighted by Gasteiger charge is -2.29. The molecule has 1 saturated carbocycles. The molecule has 0 saturated heterocycles. The summed E-state index contributed by atoms with van der Waals surface area (Å²) >= 11 is 0. The summed E-state index contributed by atoms with van der Waals surface area (Å²) in [5.74, 6) is -2.55. The van der Waals surface area contributed by atoms with Gasteiger partial charge in [0, 0.05) is 0 Å². The fraction of sp³-hybridized carbons (Fsp3) is 0.520. The smallest absolute Gasteiger partial charge is 0.403 e. The zero-order chi connectivity index (χ0) is 24.9. The molecule has 9 heteroatoms. The molecule has 188 valence electrons. The minimum atomic E-state index is -5.05. The lowest BCUT2D eigenvalue weighted by Crippen LogP contribution is -2.22. The summed E-state index contributed by atoms with van der Waals surface area (Å²) in [5.41, 5.74) is -0.0722. The van der Waals surface area contributed by atoms with Gasteiger partial charge in [0.25, 0.3) is 0 Å². The van der Waals surface area contributed by atoms with Crippen molar-refractivity contribution in [2.45, 2.75) is 70.3 Å². The van der Waals surface area contributed by atoms with Crippen molar-refractivity contribution in [2.75, 3.05) is 6.61 Å². The third kappa shape index (κ3) is 7.10. The number of ether oxygens (including phenoxy) is 2. The van der Waals surface area contributed by atoms with E-state index in [0.717, 1.165) is 62.4 Å². The molecule has 0 aromatic heterocycles. The highest BCUT2D eigenvalue weighted by Crippen LogP contribution is 2.39. The molecule has 0 spiro atoms. The van der Waals surface area contributed by atoms with E-state index in [1.165, 1.54) is 12.5 Å². The van der Waals surface area contributed by atoms with Crippen molar-refractivity contribution >= 4 is 0 Å². The van der Waals surface area contributed by atoms with Gasteiger partial charge in [0.2, 0.25) is 0 Å². The quantitative estimate of drug-likeness (QED) is 0.328. The van der Waals surface area contributed by atoms with E-state index in [2.05, 4.69) is 16.4 Å². The van der Waals surface area contributed by atoms with E-state index in [0.29, 0.717) is 11.5 Å². The molecule has 0 radical (unpaired) electrons. The second-order valence-electron chi connectivity index (χ2n) is 8.67. The fourth-order valence-corrected chi connectivity index (χ4v) is 4.50. The third-order valence-corrected chi connectivity index (χ3v) is 6.22. The molecule has 0 bridgehead atoms. The van der Waals surface area contributed by atoms with Gasteiger partial charge in [-0.15, -0.1) is 13.2 Å².